The van der Waals surface area contributed by atoms with Gasteiger partial charge in [0.15, 0.2) is 0 Å². The second kappa shape index (κ2) is 8.24. The maximum Gasteiger partial charge on any atom is 0.223 e. The lowest BCUT2D eigenvalue weighted by molar-refractivity contribution is -0.143. The van der Waals surface area contributed by atoms with Crippen molar-refractivity contribution >= 4 is 11.8 Å². The molecule has 0 bridgehead atoms. The first-order valence-electron chi connectivity index (χ1n) is 10.2. The predicted molar refractivity (Wildman–Crippen MR) is 103 cm³/mol. The molecule has 142 valence electrons. The van der Waals surface area contributed by atoms with Crippen LogP contribution in [-0.4, -0.2) is 29.3 Å². The van der Waals surface area contributed by atoms with E-state index in [-0.39, 0.29) is 29.2 Å². The summed E-state index contributed by atoms with van der Waals surface area (Å²) in [6.45, 7) is 5.55. The molecule has 1 saturated heterocycles. The second-order valence-electron chi connectivity index (χ2n) is 8.01. The fourth-order valence-electron chi connectivity index (χ4n) is 4.91. The van der Waals surface area contributed by atoms with E-state index in [1.165, 1.54) is 5.56 Å². The van der Waals surface area contributed by atoms with Crippen molar-refractivity contribution in [1.29, 1.82) is 0 Å². The number of likely N-dealkylation sites (tertiary alicyclic amines) is 1. The molecule has 1 aromatic carbocycles. The molecule has 0 aromatic heterocycles. The Morgan fingerprint density at radius 2 is 1.96 bits per heavy atom. The minimum atomic E-state index is 0.0599. The van der Waals surface area contributed by atoms with Gasteiger partial charge in [-0.1, -0.05) is 50.6 Å². The molecule has 2 fully saturated rings. The van der Waals surface area contributed by atoms with Crippen molar-refractivity contribution in [2.45, 2.75) is 71.4 Å². The molecule has 26 heavy (non-hydrogen) atoms. The van der Waals surface area contributed by atoms with E-state index in [9.17, 15) is 9.59 Å². The number of benzene rings is 1. The summed E-state index contributed by atoms with van der Waals surface area (Å²) in [4.78, 5) is 27.2. The summed E-state index contributed by atoms with van der Waals surface area (Å²) in [6.07, 6.45) is 6.59. The lowest BCUT2D eigenvalue weighted by atomic mass is 9.74. The van der Waals surface area contributed by atoms with E-state index < -0.39 is 0 Å². The molecule has 1 aromatic rings. The van der Waals surface area contributed by atoms with Crippen LogP contribution in [0.3, 0.4) is 0 Å². The average molecular weight is 357 g/mol. The van der Waals surface area contributed by atoms with Crippen LogP contribution in [0.15, 0.2) is 30.3 Å². The van der Waals surface area contributed by atoms with Gasteiger partial charge in [0.1, 0.15) is 0 Å². The van der Waals surface area contributed by atoms with Crippen molar-refractivity contribution in [3.8, 4) is 0 Å². The molecule has 1 aliphatic carbocycles. The Kier molecular flexibility index (Phi) is 6.00. The van der Waals surface area contributed by atoms with E-state index in [0.29, 0.717) is 19.5 Å². The summed E-state index contributed by atoms with van der Waals surface area (Å²) in [5.74, 6) is 0.557. The van der Waals surface area contributed by atoms with Crippen LogP contribution in [0.25, 0.3) is 0 Å². The standard InChI is InChI=1S/C22H32N2O2/c1-3-18(4-2)21(26)23-16-22-13-8-11-19(22)24(20(25)12-14-22)15-17-9-6-5-7-10-17/h5-7,9-10,18-19H,3-4,8,11-16H2,1-2H3,(H,23,26)/t19-,22+/m1/s1. The summed E-state index contributed by atoms with van der Waals surface area (Å²) < 4.78 is 0. The molecule has 0 spiro atoms. The van der Waals surface area contributed by atoms with Gasteiger partial charge in [-0.3, -0.25) is 9.59 Å². The Bertz CT molecular complexity index is 626. The second-order valence-corrected chi connectivity index (χ2v) is 8.01. The lowest BCUT2D eigenvalue weighted by Crippen LogP contribution is -2.56. The van der Waals surface area contributed by atoms with Crippen molar-refractivity contribution in [3.05, 3.63) is 35.9 Å². The predicted octanol–water partition coefficient (Wildman–Crippen LogP) is 3.90. The first kappa shape index (κ1) is 18.9. The molecule has 1 aliphatic heterocycles. The third kappa shape index (κ3) is 3.79. The highest BCUT2D eigenvalue weighted by molar-refractivity contribution is 5.79. The normalized spacial score (nSPS) is 25.4. The van der Waals surface area contributed by atoms with Crippen LogP contribution in [-0.2, 0) is 16.1 Å². The highest BCUT2D eigenvalue weighted by Crippen LogP contribution is 2.48. The van der Waals surface area contributed by atoms with Crippen LogP contribution in [0.2, 0.25) is 0 Å². The van der Waals surface area contributed by atoms with Crippen LogP contribution in [0.1, 0.15) is 64.4 Å². The molecule has 3 rings (SSSR count). The van der Waals surface area contributed by atoms with Crippen LogP contribution < -0.4 is 5.32 Å². The number of fused-ring (bicyclic) bond motifs is 1. The maximum absolute atomic E-state index is 12.7. The first-order chi connectivity index (χ1) is 12.6. The van der Waals surface area contributed by atoms with Crippen molar-refractivity contribution in [2.24, 2.45) is 11.3 Å². The number of amides is 2. The molecule has 2 aliphatic rings. The van der Waals surface area contributed by atoms with Crippen LogP contribution in [0.4, 0.5) is 0 Å². The van der Waals surface area contributed by atoms with Crippen molar-refractivity contribution in [3.63, 3.8) is 0 Å². The lowest BCUT2D eigenvalue weighted by Gasteiger charge is -2.46. The van der Waals surface area contributed by atoms with Gasteiger partial charge in [-0.25, -0.2) is 0 Å². The van der Waals surface area contributed by atoms with Crippen molar-refractivity contribution in [1.82, 2.24) is 10.2 Å². The third-order valence-electron chi connectivity index (χ3n) is 6.56. The highest BCUT2D eigenvalue weighted by Gasteiger charge is 2.50. The van der Waals surface area contributed by atoms with E-state index in [0.717, 1.165) is 38.5 Å². The minimum absolute atomic E-state index is 0.0599. The molecule has 0 radical (unpaired) electrons. The van der Waals surface area contributed by atoms with E-state index in [4.69, 9.17) is 0 Å². The van der Waals surface area contributed by atoms with Gasteiger partial charge < -0.3 is 10.2 Å². The average Bonchev–Trinajstić information content (AvgIpc) is 3.09. The van der Waals surface area contributed by atoms with Crippen molar-refractivity contribution in [2.75, 3.05) is 6.54 Å². The van der Waals surface area contributed by atoms with Crippen LogP contribution >= 0.6 is 0 Å². The number of nitrogens with one attached hydrogen (secondary N) is 1. The van der Waals surface area contributed by atoms with E-state index >= 15 is 0 Å². The number of carbonyl (C=O) groups is 2. The minimum Gasteiger partial charge on any atom is -0.355 e. The van der Waals surface area contributed by atoms with E-state index in [1.54, 1.807) is 0 Å². The fraction of sp³-hybridized carbons (Fsp3) is 0.636. The van der Waals surface area contributed by atoms with Crippen LogP contribution in [0, 0.1) is 11.3 Å². The van der Waals surface area contributed by atoms with Gasteiger partial charge in [0.25, 0.3) is 0 Å². The van der Waals surface area contributed by atoms with Gasteiger partial charge in [-0.2, -0.15) is 0 Å². The molecule has 1 saturated carbocycles. The molecule has 1 heterocycles. The number of piperidine rings is 1. The number of nitrogens with zero attached hydrogens (tertiary/aromatic N) is 1. The van der Waals surface area contributed by atoms with E-state index in [2.05, 4.69) is 36.2 Å². The molecular weight excluding hydrogens is 324 g/mol. The molecule has 4 nitrogen and oxygen atoms in total. The Hall–Kier alpha value is -1.84. The zero-order chi connectivity index (χ0) is 18.6. The zero-order valence-electron chi connectivity index (χ0n) is 16.2. The summed E-state index contributed by atoms with van der Waals surface area (Å²) in [5, 5.41) is 3.24. The number of hydrogen-bond donors (Lipinski definition) is 1. The van der Waals surface area contributed by atoms with Crippen LogP contribution in [0.5, 0.6) is 0 Å². The van der Waals surface area contributed by atoms with Gasteiger partial charge in [-0.05, 0) is 37.7 Å². The number of carbonyl (C=O) groups excluding carboxylic acids is 2. The summed E-state index contributed by atoms with van der Waals surface area (Å²) >= 11 is 0. The molecule has 2 amide bonds. The van der Waals surface area contributed by atoms with E-state index in [1.807, 2.05) is 18.2 Å². The largest absolute Gasteiger partial charge is 0.355 e. The fourth-order valence-corrected chi connectivity index (χ4v) is 4.91. The summed E-state index contributed by atoms with van der Waals surface area (Å²) in [7, 11) is 0. The van der Waals surface area contributed by atoms with Gasteiger partial charge in [-0.15, -0.1) is 0 Å². The third-order valence-corrected chi connectivity index (χ3v) is 6.56. The van der Waals surface area contributed by atoms with Crippen molar-refractivity contribution < 1.29 is 9.59 Å². The molecular formula is C22H32N2O2. The Balaban J connectivity index is 1.72. The maximum atomic E-state index is 12.7. The molecule has 4 heteroatoms. The monoisotopic (exact) mass is 356 g/mol. The Morgan fingerprint density at radius 1 is 1.23 bits per heavy atom. The zero-order valence-corrected chi connectivity index (χ0v) is 16.2. The topological polar surface area (TPSA) is 49.4 Å². The smallest absolute Gasteiger partial charge is 0.223 e. The molecule has 0 unspecified atom stereocenters. The highest BCUT2D eigenvalue weighted by atomic mass is 16.2. The number of rotatable bonds is 7. The van der Waals surface area contributed by atoms with Gasteiger partial charge in [0, 0.05) is 36.9 Å². The SMILES string of the molecule is CCC(CC)C(=O)NC[C@@]12CCC[C@H]1N(Cc1ccccc1)C(=O)CC2. The van der Waals surface area contributed by atoms with Gasteiger partial charge in [0.05, 0.1) is 0 Å². The summed E-state index contributed by atoms with van der Waals surface area (Å²) in [5.41, 5.74) is 1.24. The Morgan fingerprint density at radius 3 is 2.65 bits per heavy atom. The first-order valence-corrected chi connectivity index (χ1v) is 10.2. The van der Waals surface area contributed by atoms with Gasteiger partial charge in [0.2, 0.25) is 11.8 Å². The summed E-state index contributed by atoms with van der Waals surface area (Å²) in [6, 6.07) is 10.5. The quantitative estimate of drug-likeness (QED) is 0.805. The number of hydrogen-bond acceptors (Lipinski definition) is 2. The molecule has 1 N–H and O–H groups in total. The molecule has 2 atom stereocenters. The van der Waals surface area contributed by atoms with Gasteiger partial charge >= 0.3 is 0 Å². The Labute approximate surface area is 157 Å².